The molecule has 1 N–H and O–H groups in total. The summed E-state index contributed by atoms with van der Waals surface area (Å²) >= 11 is 1.60. The van der Waals surface area contributed by atoms with E-state index in [1.165, 1.54) is 4.90 Å². The molecule has 1 saturated heterocycles. The number of aliphatic carboxylic acids is 1. The van der Waals surface area contributed by atoms with Gasteiger partial charge in [0.2, 0.25) is 11.8 Å². The van der Waals surface area contributed by atoms with Crippen LogP contribution in [0.1, 0.15) is 30.0 Å². The van der Waals surface area contributed by atoms with Crippen LogP contribution in [0.5, 0.6) is 0 Å². The van der Waals surface area contributed by atoms with Crippen molar-refractivity contribution in [3.63, 3.8) is 0 Å². The average molecular weight is 451 g/mol. The predicted molar refractivity (Wildman–Crippen MR) is 124 cm³/mol. The summed E-state index contributed by atoms with van der Waals surface area (Å²) in [5.74, 6) is -1.51. The number of fused-ring (bicyclic) bond motifs is 1. The Bertz CT molecular complexity index is 1190. The fourth-order valence-corrected chi connectivity index (χ4v) is 5.31. The molecule has 3 aromatic rings. The number of hydrogen-bond acceptors (Lipinski definition) is 4. The highest BCUT2D eigenvalue weighted by atomic mass is 32.1. The van der Waals surface area contributed by atoms with Crippen LogP contribution in [0, 0.1) is 6.92 Å². The summed E-state index contributed by atoms with van der Waals surface area (Å²) in [5, 5.41) is 12.5. The number of carboxylic acid groups (broad SMARTS) is 1. The quantitative estimate of drug-likeness (QED) is 0.593. The molecule has 1 aromatic heterocycles. The largest absolute Gasteiger partial charge is 0.480 e. The van der Waals surface area contributed by atoms with Crippen LogP contribution < -0.4 is 0 Å². The first-order chi connectivity index (χ1) is 15.3. The summed E-state index contributed by atoms with van der Waals surface area (Å²) in [6, 6.07) is 15.6. The van der Waals surface area contributed by atoms with Crippen LogP contribution in [0.25, 0.3) is 10.1 Å². The van der Waals surface area contributed by atoms with Crippen molar-refractivity contribution < 1.29 is 19.5 Å². The van der Waals surface area contributed by atoms with E-state index in [2.05, 4.69) is 0 Å². The number of nitrogens with zero attached hydrogens (tertiary/aromatic N) is 2. The first kappa shape index (κ1) is 22.0. The third kappa shape index (κ3) is 4.25. The molecule has 2 heterocycles. The van der Waals surface area contributed by atoms with E-state index in [0.29, 0.717) is 13.0 Å². The van der Waals surface area contributed by atoms with Gasteiger partial charge in [-0.3, -0.25) is 14.4 Å². The van der Waals surface area contributed by atoms with Gasteiger partial charge in [0, 0.05) is 17.8 Å². The molecule has 0 radical (unpaired) electrons. The van der Waals surface area contributed by atoms with E-state index < -0.39 is 18.1 Å². The summed E-state index contributed by atoms with van der Waals surface area (Å²) in [7, 11) is 0. The van der Waals surface area contributed by atoms with E-state index in [9.17, 15) is 19.5 Å². The first-order valence-corrected chi connectivity index (χ1v) is 11.5. The Kier molecular flexibility index (Phi) is 6.02. The second-order valence-electron chi connectivity index (χ2n) is 8.55. The molecule has 1 aliphatic heterocycles. The normalized spacial score (nSPS) is 17.8. The lowest BCUT2D eigenvalue weighted by molar-refractivity contribution is -0.165. The SMILES string of the molecule is Cc1cccc(CN(CC(=O)O)C(=O)C2(C)CCN2C(=O)Cc2csc3ccccc23)c1. The molecule has 1 atom stereocenters. The molecule has 2 amide bonds. The third-order valence-electron chi connectivity index (χ3n) is 6.15. The van der Waals surface area contributed by atoms with E-state index >= 15 is 0 Å². The summed E-state index contributed by atoms with van der Waals surface area (Å²) < 4.78 is 1.13. The Hall–Kier alpha value is -3.19. The summed E-state index contributed by atoms with van der Waals surface area (Å²) in [5.41, 5.74) is 1.84. The van der Waals surface area contributed by atoms with Gasteiger partial charge in [0.05, 0.1) is 6.42 Å². The van der Waals surface area contributed by atoms with Gasteiger partial charge in [-0.15, -0.1) is 11.3 Å². The molecule has 0 spiro atoms. The van der Waals surface area contributed by atoms with Crippen molar-refractivity contribution in [2.24, 2.45) is 0 Å². The van der Waals surface area contributed by atoms with Crippen molar-refractivity contribution in [1.82, 2.24) is 9.80 Å². The van der Waals surface area contributed by atoms with Gasteiger partial charge in [-0.2, -0.15) is 0 Å². The number of carboxylic acids is 1. The van der Waals surface area contributed by atoms with Crippen molar-refractivity contribution >= 4 is 39.2 Å². The summed E-state index contributed by atoms with van der Waals surface area (Å²) in [4.78, 5) is 41.1. The number of aryl methyl sites for hydroxylation is 1. The second-order valence-corrected chi connectivity index (χ2v) is 9.46. The summed E-state index contributed by atoms with van der Waals surface area (Å²) in [6.45, 7) is 3.98. The van der Waals surface area contributed by atoms with Crippen molar-refractivity contribution in [3.05, 3.63) is 70.6 Å². The van der Waals surface area contributed by atoms with Crippen molar-refractivity contribution in [3.8, 4) is 0 Å². The molecule has 166 valence electrons. The maximum Gasteiger partial charge on any atom is 0.323 e. The fourth-order valence-electron chi connectivity index (χ4n) is 4.34. The van der Waals surface area contributed by atoms with E-state index in [4.69, 9.17) is 0 Å². The Labute approximate surface area is 191 Å². The average Bonchev–Trinajstić information content (AvgIpc) is 3.14. The maximum atomic E-state index is 13.5. The van der Waals surface area contributed by atoms with Crippen LogP contribution in [0.3, 0.4) is 0 Å². The van der Waals surface area contributed by atoms with Crippen molar-refractivity contribution in [2.45, 2.75) is 38.8 Å². The molecule has 1 unspecified atom stereocenters. The number of hydrogen-bond donors (Lipinski definition) is 1. The highest BCUT2D eigenvalue weighted by Gasteiger charge is 2.51. The molecule has 1 aliphatic rings. The minimum atomic E-state index is -1.07. The molecule has 32 heavy (non-hydrogen) atoms. The highest BCUT2D eigenvalue weighted by molar-refractivity contribution is 7.17. The lowest BCUT2D eigenvalue weighted by Gasteiger charge is -2.50. The third-order valence-corrected chi connectivity index (χ3v) is 7.16. The monoisotopic (exact) mass is 450 g/mol. The Morgan fingerprint density at radius 3 is 2.62 bits per heavy atom. The number of benzene rings is 2. The van der Waals surface area contributed by atoms with Crippen LogP contribution in [-0.4, -0.2) is 51.3 Å². The van der Waals surface area contributed by atoms with Crippen LogP contribution in [0.4, 0.5) is 0 Å². The Morgan fingerprint density at radius 2 is 1.94 bits per heavy atom. The van der Waals surface area contributed by atoms with E-state index in [1.807, 2.05) is 60.8 Å². The molecule has 2 aromatic carbocycles. The lowest BCUT2D eigenvalue weighted by atomic mass is 9.84. The van der Waals surface area contributed by atoms with Gasteiger partial charge in [0.1, 0.15) is 12.1 Å². The zero-order chi connectivity index (χ0) is 22.9. The van der Waals surface area contributed by atoms with Gasteiger partial charge < -0.3 is 14.9 Å². The van der Waals surface area contributed by atoms with E-state index in [1.54, 1.807) is 23.2 Å². The van der Waals surface area contributed by atoms with Gasteiger partial charge in [0.25, 0.3) is 0 Å². The molecular weight excluding hydrogens is 424 g/mol. The molecule has 0 aliphatic carbocycles. The van der Waals surface area contributed by atoms with Gasteiger partial charge >= 0.3 is 5.97 Å². The smallest absolute Gasteiger partial charge is 0.323 e. The number of likely N-dealkylation sites (tertiary alicyclic amines) is 1. The van der Waals surface area contributed by atoms with Crippen molar-refractivity contribution in [1.29, 1.82) is 0 Å². The van der Waals surface area contributed by atoms with E-state index in [-0.39, 0.29) is 24.8 Å². The number of carbonyl (C=O) groups is 3. The molecule has 6 nitrogen and oxygen atoms in total. The lowest BCUT2D eigenvalue weighted by Crippen LogP contribution is -2.68. The van der Waals surface area contributed by atoms with Gasteiger partial charge in [-0.05, 0) is 48.2 Å². The number of amides is 2. The first-order valence-electron chi connectivity index (χ1n) is 10.6. The van der Waals surface area contributed by atoms with Crippen LogP contribution in [-0.2, 0) is 27.3 Å². The van der Waals surface area contributed by atoms with Gasteiger partial charge in [-0.1, -0.05) is 48.0 Å². The molecule has 7 heteroatoms. The summed E-state index contributed by atoms with van der Waals surface area (Å²) in [6.07, 6.45) is 0.746. The minimum absolute atomic E-state index is 0.110. The maximum absolute atomic E-state index is 13.5. The zero-order valence-corrected chi connectivity index (χ0v) is 19.0. The second kappa shape index (κ2) is 8.74. The van der Waals surface area contributed by atoms with Crippen LogP contribution in [0.15, 0.2) is 53.9 Å². The Balaban J connectivity index is 1.52. The van der Waals surface area contributed by atoms with E-state index in [0.717, 1.165) is 26.8 Å². The minimum Gasteiger partial charge on any atom is -0.480 e. The standard InChI is InChI=1S/C25H26N2O4S/c1-17-6-5-7-18(12-17)14-26(15-23(29)30)24(31)25(2)10-11-27(25)22(28)13-19-16-32-21-9-4-3-8-20(19)21/h3-9,12,16H,10-11,13-15H2,1-2H3,(H,29,30). The molecule has 4 rings (SSSR count). The highest BCUT2D eigenvalue weighted by Crippen LogP contribution is 2.34. The van der Waals surface area contributed by atoms with Crippen LogP contribution in [0.2, 0.25) is 0 Å². The number of carbonyl (C=O) groups excluding carboxylic acids is 2. The topological polar surface area (TPSA) is 77.9 Å². The Morgan fingerprint density at radius 1 is 1.16 bits per heavy atom. The molecule has 0 saturated carbocycles. The number of rotatable bonds is 7. The molecule has 1 fully saturated rings. The van der Waals surface area contributed by atoms with Crippen LogP contribution >= 0.6 is 11.3 Å². The molecular formula is C25H26N2O4S. The predicted octanol–water partition coefficient (Wildman–Crippen LogP) is 3.86. The fraction of sp³-hybridized carbons (Fsp3) is 0.320. The van der Waals surface area contributed by atoms with Gasteiger partial charge in [0.15, 0.2) is 0 Å². The van der Waals surface area contributed by atoms with Gasteiger partial charge in [-0.25, -0.2) is 0 Å². The zero-order valence-electron chi connectivity index (χ0n) is 18.2. The van der Waals surface area contributed by atoms with Crippen molar-refractivity contribution in [2.75, 3.05) is 13.1 Å². The molecule has 0 bridgehead atoms. The number of thiophene rings is 1.